The molecule has 5 heterocycles. The number of rotatable bonds is 14. The minimum Gasteiger partial charge on any atom is -0.544 e. The van der Waals surface area contributed by atoms with Gasteiger partial charge in [-0.1, -0.05) is 47.5 Å². The Kier molecular flexibility index (Phi) is 11.9. The number of aromatic nitrogens is 1. The lowest BCUT2D eigenvalue weighted by Crippen LogP contribution is -2.52. The lowest BCUT2D eigenvalue weighted by Gasteiger charge is -2.44. The summed E-state index contributed by atoms with van der Waals surface area (Å²) in [6.07, 6.45) is 1.45. The molecular formula is C37H37Cl2F2N3O7S. The van der Waals surface area contributed by atoms with Crippen LogP contribution < -0.4 is 24.6 Å². The fourth-order valence-corrected chi connectivity index (χ4v) is 8.67. The number of carbonyl (C=O) groups excluding carboxylic acids is 2. The summed E-state index contributed by atoms with van der Waals surface area (Å²) >= 11 is 14.0. The summed E-state index contributed by atoms with van der Waals surface area (Å²) < 4.78 is 45.2. The zero-order valence-corrected chi connectivity index (χ0v) is 30.6. The quantitative estimate of drug-likeness (QED) is 0.0938. The molecule has 3 aliphatic heterocycles. The second kappa shape index (κ2) is 16.3. The molecule has 2 bridgehead atoms. The topological polar surface area (TPSA) is 124 Å². The number of hydrogen-bond acceptors (Lipinski definition) is 10. The number of ether oxygens (including phenoxy) is 3. The van der Waals surface area contributed by atoms with Crippen molar-refractivity contribution in [2.45, 2.75) is 50.3 Å². The highest BCUT2D eigenvalue weighted by Gasteiger charge is 2.38. The lowest BCUT2D eigenvalue weighted by atomic mass is 9.85. The molecule has 10 nitrogen and oxygen atoms in total. The second-order valence-electron chi connectivity index (χ2n) is 12.9. The number of esters is 1. The number of aromatic carboxylic acids is 1. The molecule has 15 heteroatoms. The van der Waals surface area contributed by atoms with E-state index >= 15 is 0 Å². The normalized spacial score (nSPS) is 19.3. The van der Waals surface area contributed by atoms with Crippen molar-refractivity contribution in [3.05, 3.63) is 109 Å². The summed E-state index contributed by atoms with van der Waals surface area (Å²) in [5.41, 5.74) is 1.55. The predicted molar refractivity (Wildman–Crippen MR) is 188 cm³/mol. The number of fused-ring (bicyclic) bond motifs is 3. The summed E-state index contributed by atoms with van der Waals surface area (Å²) in [6.45, 7) is 2.52. The van der Waals surface area contributed by atoms with Gasteiger partial charge in [0.2, 0.25) is 12.4 Å². The number of nitrogens with zero attached hydrogens (tertiary/aromatic N) is 2. The van der Waals surface area contributed by atoms with Crippen LogP contribution in [0.15, 0.2) is 60.9 Å². The summed E-state index contributed by atoms with van der Waals surface area (Å²) in [6, 6.07) is 11.4. The van der Waals surface area contributed by atoms with Crippen molar-refractivity contribution in [3.63, 3.8) is 0 Å². The van der Waals surface area contributed by atoms with Gasteiger partial charge in [-0.15, -0.1) is 11.3 Å². The van der Waals surface area contributed by atoms with Crippen LogP contribution in [0.3, 0.4) is 0 Å². The monoisotopic (exact) mass is 775 g/mol. The Balaban J connectivity index is 1.35. The standard InChI is InChI=1S/C37H37Cl2F2N3O7S/c1-49-30-7-6-21(13-31(30)50-2)25(15-27-28(38)17-44(48)18-29(27)39)26-14-24(52-34(26)36(45)46)16-42-33(22-4-3-5-23(12-22)35(40)41)37(47)51-32-19-43-10-8-20(32)9-11-43/h3-7,12-14,17-18,20,25,32-33,35,42H,8-11,15-16,19H2,1-2H3,(H-,45,46,48)/t25-,32-,33?/m0/s1. The van der Waals surface area contributed by atoms with Crippen LogP contribution in [0.25, 0.3) is 0 Å². The van der Waals surface area contributed by atoms with Gasteiger partial charge in [-0.25, -0.2) is 13.6 Å². The Hall–Kier alpha value is -4.01. The molecule has 0 spiro atoms. The number of pyridine rings is 1. The van der Waals surface area contributed by atoms with Crippen LogP contribution in [0.2, 0.25) is 10.0 Å². The van der Waals surface area contributed by atoms with Crippen LogP contribution in [-0.4, -0.2) is 62.0 Å². The van der Waals surface area contributed by atoms with Crippen LogP contribution in [-0.2, 0) is 22.5 Å². The van der Waals surface area contributed by atoms with Crippen LogP contribution in [0.5, 0.6) is 11.5 Å². The molecule has 3 saturated heterocycles. The zero-order valence-electron chi connectivity index (χ0n) is 28.3. The molecule has 52 heavy (non-hydrogen) atoms. The molecular weight excluding hydrogens is 739 g/mol. The van der Waals surface area contributed by atoms with Crippen LogP contribution in [0.1, 0.15) is 73.6 Å². The van der Waals surface area contributed by atoms with E-state index in [2.05, 4.69) is 10.2 Å². The van der Waals surface area contributed by atoms with Gasteiger partial charge in [0, 0.05) is 39.7 Å². The number of carboxylic acid groups (broad SMARTS) is 1. The van der Waals surface area contributed by atoms with Crippen molar-refractivity contribution in [2.24, 2.45) is 5.92 Å². The van der Waals surface area contributed by atoms with Gasteiger partial charge in [0.05, 0.1) is 25.1 Å². The molecule has 3 fully saturated rings. The highest BCUT2D eigenvalue weighted by atomic mass is 35.5. The summed E-state index contributed by atoms with van der Waals surface area (Å²) in [7, 11) is 2.98. The first kappa shape index (κ1) is 37.7. The average Bonchev–Trinajstić information content (AvgIpc) is 3.56. The van der Waals surface area contributed by atoms with E-state index in [1.807, 2.05) is 0 Å². The number of hydrogen-bond donors (Lipinski definition) is 2. The molecule has 4 aromatic rings. The predicted octanol–water partition coefficient (Wildman–Crippen LogP) is 5.74. The van der Waals surface area contributed by atoms with Gasteiger partial charge in [0.25, 0.3) is 6.43 Å². The van der Waals surface area contributed by atoms with E-state index in [4.69, 9.17) is 37.4 Å². The van der Waals surface area contributed by atoms with Crippen molar-refractivity contribution >= 4 is 46.5 Å². The highest BCUT2D eigenvalue weighted by Crippen LogP contribution is 2.41. The smallest absolute Gasteiger partial charge is 0.328 e. The van der Waals surface area contributed by atoms with Crippen LogP contribution in [0.4, 0.5) is 8.78 Å². The van der Waals surface area contributed by atoms with E-state index in [0.29, 0.717) is 45.2 Å². The van der Waals surface area contributed by atoms with E-state index < -0.39 is 30.3 Å². The maximum Gasteiger partial charge on any atom is 0.328 e. The fraction of sp³-hybridized carbons (Fsp3) is 0.378. The van der Waals surface area contributed by atoms with Gasteiger partial charge in [-0.3, -0.25) is 15.4 Å². The summed E-state index contributed by atoms with van der Waals surface area (Å²) in [5.74, 6) is -1.58. The maximum atomic E-state index is 13.8. The first-order chi connectivity index (χ1) is 24.9. The van der Waals surface area contributed by atoms with Crippen molar-refractivity contribution in [2.75, 3.05) is 33.9 Å². The minimum atomic E-state index is -2.74. The fourth-order valence-electron chi connectivity index (χ4n) is 7.06. The Morgan fingerprint density at radius 1 is 1.02 bits per heavy atom. The molecule has 0 aliphatic carbocycles. The van der Waals surface area contributed by atoms with Crippen molar-refractivity contribution in [3.8, 4) is 11.5 Å². The Labute approximate surface area is 313 Å². The third kappa shape index (κ3) is 8.29. The van der Waals surface area contributed by atoms with Gasteiger partial charge in [0.1, 0.15) is 22.2 Å². The van der Waals surface area contributed by atoms with E-state index in [9.17, 15) is 28.7 Å². The Morgan fingerprint density at radius 3 is 2.33 bits per heavy atom. The largest absolute Gasteiger partial charge is 0.544 e. The summed E-state index contributed by atoms with van der Waals surface area (Å²) in [5, 5.41) is 26.1. The van der Waals surface area contributed by atoms with Gasteiger partial charge < -0.3 is 24.1 Å². The van der Waals surface area contributed by atoms with Gasteiger partial charge in [-0.05, 0) is 79.2 Å². The number of carbonyl (C=O) groups is 2. The molecule has 276 valence electrons. The number of thiophene rings is 1. The molecule has 0 amide bonds. The lowest BCUT2D eigenvalue weighted by molar-refractivity contribution is -0.904. The number of benzene rings is 2. The zero-order chi connectivity index (χ0) is 37.1. The molecule has 0 radical (unpaired) electrons. The number of alkyl halides is 2. The molecule has 2 aromatic heterocycles. The molecule has 3 atom stereocenters. The van der Waals surface area contributed by atoms with Crippen molar-refractivity contribution in [1.82, 2.24) is 10.2 Å². The average molecular weight is 777 g/mol. The second-order valence-corrected chi connectivity index (χ2v) is 14.8. The molecule has 3 aliphatic rings. The van der Waals surface area contributed by atoms with Crippen molar-refractivity contribution in [1.29, 1.82) is 0 Å². The van der Waals surface area contributed by atoms with E-state index in [1.165, 1.54) is 44.8 Å². The third-order valence-corrected chi connectivity index (χ3v) is 11.5. The maximum absolute atomic E-state index is 13.8. The molecule has 2 N–H and O–H groups in total. The number of piperidine rings is 3. The number of carboxylic acids is 1. The number of halogens is 4. The molecule has 1 unspecified atom stereocenters. The van der Waals surface area contributed by atoms with Crippen molar-refractivity contribution < 1.29 is 47.6 Å². The van der Waals surface area contributed by atoms with Gasteiger partial charge in [0.15, 0.2) is 11.5 Å². The SMILES string of the molecule is COc1ccc([C@H](Cc2c(Cl)c[n+](O)cc2Cl)c2cc(CNC(C(=O)O[C@H]3CN4CCC3CC4)c3cccc(C(F)F)c3)sc2C(=O)[O-])cc1OC. The molecule has 7 rings (SSSR count). The van der Waals surface area contributed by atoms with E-state index in [0.717, 1.165) is 42.0 Å². The first-order valence-electron chi connectivity index (χ1n) is 16.6. The number of methoxy groups -OCH3 is 2. The van der Waals surface area contributed by atoms with E-state index in [-0.39, 0.29) is 45.5 Å². The first-order valence-corrected chi connectivity index (χ1v) is 18.2. The van der Waals surface area contributed by atoms with E-state index in [1.54, 1.807) is 30.3 Å². The third-order valence-electron chi connectivity index (χ3n) is 9.73. The summed E-state index contributed by atoms with van der Waals surface area (Å²) in [4.78, 5) is 29.2. The Bertz CT molecular complexity index is 1920. The highest BCUT2D eigenvalue weighted by molar-refractivity contribution is 7.14. The van der Waals surface area contributed by atoms with Crippen LogP contribution in [0, 0.1) is 5.92 Å². The molecule has 2 aromatic carbocycles. The van der Waals surface area contributed by atoms with Gasteiger partial charge in [-0.2, -0.15) is 0 Å². The van der Waals surface area contributed by atoms with Crippen LogP contribution >= 0.6 is 34.5 Å². The minimum absolute atomic E-state index is 0.000144. The molecule has 0 saturated carbocycles. The van der Waals surface area contributed by atoms with Gasteiger partial charge >= 0.3 is 5.97 Å². The Morgan fingerprint density at radius 2 is 1.71 bits per heavy atom. The number of nitrogens with one attached hydrogen (secondary N) is 1.